The summed E-state index contributed by atoms with van der Waals surface area (Å²) in [7, 11) is 0. The highest BCUT2D eigenvalue weighted by molar-refractivity contribution is 9.25. The van der Waals surface area contributed by atoms with Crippen LogP contribution < -0.4 is 10.4 Å². The van der Waals surface area contributed by atoms with Crippen molar-refractivity contribution in [1.82, 2.24) is 5.32 Å². The second-order valence-electron chi connectivity index (χ2n) is 3.38. The van der Waals surface area contributed by atoms with Crippen LogP contribution in [-0.4, -0.2) is 21.7 Å². The molecule has 0 aromatic heterocycles. The van der Waals surface area contributed by atoms with Crippen molar-refractivity contribution in [2.24, 2.45) is 0 Å². The molecule has 0 aliphatic rings. The molecule has 0 saturated heterocycles. The van der Waals surface area contributed by atoms with Gasteiger partial charge in [0.05, 0.1) is 6.04 Å². The van der Waals surface area contributed by atoms with Crippen molar-refractivity contribution in [2.75, 3.05) is 0 Å². The molecule has 0 bridgehead atoms. The number of carbonyl (C=O) groups is 2. The maximum absolute atomic E-state index is 11.7. The molecule has 0 radical (unpaired) electrons. The number of alkyl halides is 2. The van der Waals surface area contributed by atoms with E-state index in [2.05, 4.69) is 37.2 Å². The number of benzene rings is 1. The molecule has 1 rings (SSSR count). The number of halogens is 2. The summed E-state index contributed by atoms with van der Waals surface area (Å²) in [6, 6.07) is 8.34. The molecule has 4 nitrogen and oxygen atoms in total. The smallest absolute Gasteiger partial charge is 0.179 e. The maximum atomic E-state index is 11.7. The van der Waals surface area contributed by atoms with Crippen molar-refractivity contribution in [3.63, 3.8) is 0 Å². The molecule has 0 spiro atoms. The lowest BCUT2D eigenvalue weighted by Crippen LogP contribution is -2.49. The Balaban J connectivity index is 2.77. The third kappa shape index (κ3) is 4.87. The molecular formula is C11H10Br2NO3-. The number of carboxylic acid groups (broad SMARTS) is 1. The first kappa shape index (κ1) is 14.2. The Kier molecular flexibility index (Phi) is 5.64. The van der Waals surface area contributed by atoms with Crippen LogP contribution in [0.1, 0.15) is 5.56 Å². The zero-order chi connectivity index (χ0) is 12.8. The van der Waals surface area contributed by atoms with Gasteiger partial charge in [0, 0.05) is 0 Å². The van der Waals surface area contributed by atoms with E-state index >= 15 is 0 Å². The van der Waals surface area contributed by atoms with Crippen LogP contribution in [0.15, 0.2) is 30.3 Å². The molecule has 17 heavy (non-hydrogen) atoms. The molecule has 0 aliphatic carbocycles. The van der Waals surface area contributed by atoms with Crippen molar-refractivity contribution >= 4 is 43.7 Å². The van der Waals surface area contributed by atoms with Gasteiger partial charge >= 0.3 is 0 Å². The highest BCUT2D eigenvalue weighted by Crippen LogP contribution is 2.14. The molecular weight excluding hydrogens is 354 g/mol. The van der Waals surface area contributed by atoms with E-state index in [1.165, 1.54) is 0 Å². The Hall–Kier alpha value is -0.880. The van der Waals surface area contributed by atoms with Crippen molar-refractivity contribution in [3.8, 4) is 0 Å². The number of carbonyl (C=O) groups excluding carboxylic acids is 2. The van der Waals surface area contributed by atoms with Crippen LogP contribution in [0.5, 0.6) is 0 Å². The van der Waals surface area contributed by atoms with E-state index in [0.717, 1.165) is 5.56 Å². The van der Waals surface area contributed by atoms with Gasteiger partial charge in [-0.2, -0.15) is 0 Å². The lowest BCUT2D eigenvalue weighted by atomic mass is 10.0. The van der Waals surface area contributed by atoms with Gasteiger partial charge in [0.2, 0.25) is 0 Å². The van der Waals surface area contributed by atoms with E-state index in [1.807, 2.05) is 30.3 Å². The van der Waals surface area contributed by atoms with Gasteiger partial charge in [-0.15, -0.1) is 0 Å². The maximum Gasteiger partial charge on any atom is 0.179 e. The normalized spacial score (nSPS) is 12.2. The third-order valence-electron chi connectivity index (χ3n) is 2.13. The van der Waals surface area contributed by atoms with Crippen molar-refractivity contribution in [3.05, 3.63) is 35.9 Å². The summed E-state index contributed by atoms with van der Waals surface area (Å²) in [4.78, 5) is 22.3. The molecule has 0 heterocycles. The highest BCUT2D eigenvalue weighted by Gasteiger charge is 2.23. The molecule has 1 unspecified atom stereocenters. The first-order valence-electron chi connectivity index (χ1n) is 4.84. The van der Waals surface area contributed by atoms with Gasteiger partial charge in [-0.25, -0.2) is 0 Å². The van der Waals surface area contributed by atoms with Gasteiger partial charge in [0.15, 0.2) is 5.78 Å². The van der Waals surface area contributed by atoms with Gasteiger partial charge in [-0.1, -0.05) is 62.2 Å². The fourth-order valence-electron chi connectivity index (χ4n) is 1.37. The van der Waals surface area contributed by atoms with Crippen LogP contribution in [0.4, 0.5) is 4.79 Å². The van der Waals surface area contributed by atoms with E-state index in [-0.39, 0.29) is 5.78 Å². The number of hydrogen-bond acceptors (Lipinski definition) is 3. The van der Waals surface area contributed by atoms with Gasteiger partial charge in [0.1, 0.15) is 9.83 Å². The van der Waals surface area contributed by atoms with Crippen LogP contribution >= 0.6 is 31.9 Å². The largest absolute Gasteiger partial charge is 0.530 e. The van der Waals surface area contributed by atoms with Crippen molar-refractivity contribution in [2.45, 2.75) is 16.2 Å². The Morgan fingerprint density at radius 2 is 1.82 bits per heavy atom. The monoisotopic (exact) mass is 362 g/mol. The van der Waals surface area contributed by atoms with Crippen LogP contribution in [0.3, 0.4) is 0 Å². The Morgan fingerprint density at radius 3 is 2.29 bits per heavy atom. The van der Waals surface area contributed by atoms with E-state index in [1.54, 1.807) is 0 Å². The molecule has 1 amide bonds. The minimum atomic E-state index is -1.46. The highest BCUT2D eigenvalue weighted by atomic mass is 79.9. The topological polar surface area (TPSA) is 69.2 Å². The van der Waals surface area contributed by atoms with Crippen molar-refractivity contribution < 1.29 is 14.7 Å². The molecule has 1 aromatic carbocycles. The van der Waals surface area contributed by atoms with Crippen LogP contribution in [0.2, 0.25) is 0 Å². The minimum Gasteiger partial charge on any atom is -0.530 e. The van der Waals surface area contributed by atoms with Crippen LogP contribution in [-0.2, 0) is 11.2 Å². The van der Waals surface area contributed by atoms with Gasteiger partial charge in [0.25, 0.3) is 0 Å². The quantitative estimate of drug-likeness (QED) is 0.799. The predicted molar refractivity (Wildman–Crippen MR) is 69.1 cm³/mol. The zero-order valence-electron chi connectivity index (χ0n) is 8.73. The van der Waals surface area contributed by atoms with Crippen LogP contribution in [0, 0.1) is 0 Å². The van der Waals surface area contributed by atoms with Crippen LogP contribution in [0.25, 0.3) is 0 Å². The summed E-state index contributed by atoms with van der Waals surface area (Å²) in [5.74, 6) is -0.293. The molecule has 1 N–H and O–H groups in total. The van der Waals surface area contributed by atoms with Gasteiger partial charge < -0.3 is 15.2 Å². The van der Waals surface area contributed by atoms with E-state index < -0.39 is 15.9 Å². The van der Waals surface area contributed by atoms with Gasteiger partial charge in [-0.05, 0) is 12.0 Å². The summed E-state index contributed by atoms with van der Waals surface area (Å²) < 4.78 is -0.587. The zero-order valence-corrected chi connectivity index (χ0v) is 11.9. The number of ketones is 1. The molecule has 92 valence electrons. The SMILES string of the molecule is O=C([O-])NC(Cc1ccccc1)C(=O)C(Br)Br. The summed E-state index contributed by atoms with van der Waals surface area (Å²) >= 11 is 6.11. The molecule has 1 aromatic rings. The Labute approximate surface area is 116 Å². The number of nitrogens with one attached hydrogen (secondary N) is 1. The standard InChI is InChI=1S/C11H11Br2NO3/c12-10(13)9(15)8(14-11(16)17)6-7-4-2-1-3-5-7/h1-5,8,10,14H,6H2,(H,16,17)/p-1. The fraction of sp³-hybridized carbons (Fsp3) is 0.273. The van der Waals surface area contributed by atoms with Crippen molar-refractivity contribution in [1.29, 1.82) is 0 Å². The second-order valence-corrected chi connectivity index (χ2v) is 6.44. The first-order chi connectivity index (χ1) is 8.00. The molecule has 0 saturated carbocycles. The molecule has 1 atom stereocenters. The lowest BCUT2D eigenvalue weighted by molar-refractivity contribution is -0.251. The average molecular weight is 364 g/mol. The predicted octanol–water partition coefficient (Wildman–Crippen LogP) is 1.22. The third-order valence-corrected chi connectivity index (χ3v) is 3.04. The summed E-state index contributed by atoms with van der Waals surface area (Å²) in [5.41, 5.74) is 0.875. The number of Topliss-reactive ketones (excluding diaryl/α,β-unsaturated/α-hetero) is 1. The fourth-order valence-corrected chi connectivity index (χ4v) is 2.01. The first-order valence-corrected chi connectivity index (χ1v) is 6.67. The van der Waals surface area contributed by atoms with E-state index in [4.69, 9.17) is 0 Å². The lowest BCUT2D eigenvalue weighted by Gasteiger charge is -2.19. The second kappa shape index (κ2) is 6.76. The summed E-state index contributed by atoms with van der Waals surface area (Å²) in [5, 5.41) is 12.6. The minimum absolute atomic E-state index is 0.293. The Morgan fingerprint density at radius 1 is 1.24 bits per heavy atom. The number of rotatable bonds is 5. The van der Waals surface area contributed by atoms with E-state index in [0.29, 0.717) is 6.42 Å². The summed E-state index contributed by atoms with van der Waals surface area (Å²) in [6.45, 7) is 0. The summed E-state index contributed by atoms with van der Waals surface area (Å²) in [6.07, 6.45) is -1.17. The molecule has 6 heteroatoms. The molecule has 0 aliphatic heterocycles. The average Bonchev–Trinajstić information content (AvgIpc) is 2.28. The molecule has 0 fully saturated rings. The number of amides is 1. The Bertz CT molecular complexity index is 395. The van der Waals surface area contributed by atoms with Gasteiger partial charge in [-0.3, -0.25) is 4.79 Å². The van der Waals surface area contributed by atoms with E-state index in [9.17, 15) is 14.7 Å². The number of hydrogen-bond donors (Lipinski definition) is 1.